The summed E-state index contributed by atoms with van der Waals surface area (Å²) in [6.45, 7) is 8.84. The molecule has 10 heteroatoms. The molecule has 0 radical (unpaired) electrons. The molecule has 35 heavy (non-hydrogen) atoms. The van der Waals surface area contributed by atoms with E-state index >= 15 is 0 Å². The summed E-state index contributed by atoms with van der Waals surface area (Å²) in [6, 6.07) is 2.29. The van der Waals surface area contributed by atoms with Crippen molar-refractivity contribution >= 4 is 37.1 Å². The van der Waals surface area contributed by atoms with E-state index < -0.39 is 0 Å². The molecule has 3 aliphatic heterocycles. The van der Waals surface area contributed by atoms with Gasteiger partial charge in [-0.15, -0.1) is 0 Å². The lowest BCUT2D eigenvalue weighted by atomic mass is 10.1. The van der Waals surface area contributed by atoms with Gasteiger partial charge in [-0.25, -0.2) is 4.98 Å². The quantitative estimate of drug-likeness (QED) is 0.451. The minimum Gasteiger partial charge on any atom is -0.394 e. The number of carbonyl (C=O) groups is 1. The molecule has 5 heterocycles. The largest absolute Gasteiger partial charge is 0.394 e. The van der Waals surface area contributed by atoms with E-state index in [1.807, 2.05) is 40.9 Å². The summed E-state index contributed by atoms with van der Waals surface area (Å²) in [7, 11) is 0.433. The molecule has 2 aromatic rings. The molecule has 1 amide bonds. The first-order chi connectivity index (χ1) is 16.9. The standard InChI is InChI=1S/C25H31ClN5O3P/c1-17-13-30-15-19(11-21(26)25(30)27-17)22-12-23(33)31-16-20(3-4-24(31)35-22)29-6-5-28(18(2)14-29)7-9-34-10-8-32/h3-4,11-13,15-16,18,24,32,35H,5-10,14H2,1-2H3/t18-,24?/m0/s1. The van der Waals surface area contributed by atoms with E-state index in [0.717, 1.165) is 54.1 Å². The molecule has 186 valence electrons. The summed E-state index contributed by atoms with van der Waals surface area (Å²) in [4.78, 5) is 24.2. The molecule has 3 atom stereocenters. The number of aliphatic hydroxyl groups excluding tert-OH is 1. The Labute approximate surface area is 212 Å². The van der Waals surface area contributed by atoms with Crippen LogP contribution in [0.4, 0.5) is 0 Å². The van der Waals surface area contributed by atoms with Crippen molar-refractivity contribution < 1.29 is 14.6 Å². The van der Waals surface area contributed by atoms with Crippen LogP contribution in [0.3, 0.4) is 0 Å². The number of nitrogens with zero attached hydrogens (tertiary/aromatic N) is 5. The molecule has 3 aliphatic rings. The summed E-state index contributed by atoms with van der Waals surface area (Å²) < 4.78 is 7.36. The lowest BCUT2D eigenvalue weighted by Gasteiger charge is -2.43. The van der Waals surface area contributed by atoms with Gasteiger partial charge in [0.25, 0.3) is 5.91 Å². The molecular weight excluding hydrogens is 485 g/mol. The zero-order valence-corrected chi connectivity index (χ0v) is 21.8. The average molecular weight is 516 g/mol. The number of rotatable bonds is 7. The lowest BCUT2D eigenvalue weighted by Crippen LogP contribution is -2.52. The first-order valence-corrected chi connectivity index (χ1v) is 13.4. The lowest BCUT2D eigenvalue weighted by molar-refractivity contribution is -0.123. The van der Waals surface area contributed by atoms with Gasteiger partial charge < -0.3 is 24.0 Å². The maximum Gasteiger partial charge on any atom is 0.252 e. The highest BCUT2D eigenvalue weighted by Gasteiger charge is 2.31. The van der Waals surface area contributed by atoms with Crippen molar-refractivity contribution in [2.45, 2.75) is 25.7 Å². The Morgan fingerprint density at radius 1 is 1.29 bits per heavy atom. The number of pyridine rings is 1. The Morgan fingerprint density at radius 3 is 2.94 bits per heavy atom. The van der Waals surface area contributed by atoms with E-state index in [1.54, 1.807) is 6.08 Å². The summed E-state index contributed by atoms with van der Waals surface area (Å²) >= 11 is 6.49. The average Bonchev–Trinajstić information content (AvgIpc) is 3.23. The summed E-state index contributed by atoms with van der Waals surface area (Å²) in [5.41, 5.74) is 3.68. The minimum absolute atomic E-state index is 0.00338. The van der Waals surface area contributed by atoms with Gasteiger partial charge >= 0.3 is 0 Å². The number of carbonyl (C=O) groups excluding carboxylic acids is 1. The summed E-state index contributed by atoms with van der Waals surface area (Å²) in [5.74, 6) is 0.0176. The fourth-order valence-electron chi connectivity index (χ4n) is 4.86. The number of aromatic nitrogens is 2. The second kappa shape index (κ2) is 10.4. The Morgan fingerprint density at radius 2 is 2.14 bits per heavy atom. The van der Waals surface area contributed by atoms with Gasteiger partial charge in [-0.3, -0.25) is 9.69 Å². The predicted octanol–water partition coefficient (Wildman–Crippen LogP) is 2.91. The third kappa shape index (κ3) is 5.18. The molecular formula is C25H31ClN5O3P. The Bertz CT molecular complexity index is 1210. The maximum absolute atomic E-state index is 13.1. The molecule has 0 bridgehead atoms. The van der Waals surface area contributed by atoms with E-state index in [-0.39, 0.29) is 18.3 Å². The van der Waals surface area contributed by atoms with E-state index in [4.69, 9.17) is 21.4 Å². The van der Waals surface area contributed by atoms with Crippen LogP contribution in [-0.2, 0) is 9.53 Å². The van der Waals surface area contributed by atoms with Crippen molar-refractivity contribution in [2.75, 3.05) is 46.0 Å². The summed E-state index contributed by atoms with van der Waals surface area (Å²) in [5, 5.41) is 10.5. The number of piperazine rings is 1. The number of imidazole rings is 1. The molecule has 1 N–H and O–H groups in total. The first kappa shape index (κ1) is 24.5. The van der Waals surface area contributed by atoms with Crippen molar-refractivity contribution in [1.29, 1.82) is 0 Å². The van der Waals surface area contributed by atoms with Crippen molar-refractivity contribution in [1.82, 2.24) is 24.1 Å². The van der Waals surface area contributed by atoms with Crippen molar-refractivity contribution in [3.05, 3.63) is 64.9 Å². The van der Waals surface area contributed by atoms with Crippen LogP contribution >= 0.6 is 20.2 Å². The minimum atomic E-state index is -0.00338. The second-order valence-electron chi connectivity index (χ2n) is 9.16. The van der Waals surface area contributed by atoms with Crippen molar-refractivity contribution in [2.24, 2.45) is 0 Å². The van der Waals surface area contributed by atoms with E-state index in [2.05, 4.69) is 33.9 Å². The predicted molar refractivity (Wildman–Crippen MR) is 140 cm³/mol. The number of halogens is 1. The van der Waals surface area contributed by atoms with Gasteiger partial charge in [0.1, 0.15) is 0 Å². The number of fused-ring (bicyclic) bond motifs is 2. The van der Waals surface area contributed by atoms with Gasteiger partial charge in [0, 0.05) is 62.5 Å². The molecule has 1 saturated heterocycles. The fourth-order valence-corrected chi connectivity index (χ4v) is 6.48. The Hall–Kier alpha value is -2.22. The van der Waals surface area contributed by atoms with Crippen LogP contribution in [0.1, 0.15) is 18.2 Å². The highest BCUT2D eigenvalue weighted by molar-refractivity contribution is 7.51. The fraction of sp³-hybridized carbons (Fsp3) is 0.440. The number of hydrogen-bond acceptors (Lipinski definition) is 6. The van der Waals surface area contributed by atoms with Crippen LogP contribution in [0.15, 0.2) is 48.6 Å². The van der Waals surface area contributed by atoms with Crippen LogP contribution in [0.2, 0.25) is 5.02 Å². The van der Waals surface area contributed by atoms with Crippen molar-refractivity contribution in [3.8, 4) is 0 Å². The number of amides is 1. The molecule has 0 saturated carbocycles. The van der Waals surface area contributed by atoms with Gasteiger partial charge in [-0.2, -0.15) is 0 Å². The molecule has 8 nitrogen and oxygen atoms in total. The number of aliphatic hydroxyl groups is 1. The topological polar surface area (TPSA) is 73.6 Å². The van der Waals surface area contributed by atoms with Crippen LogP contribution in [0.5, 0.6) is 0 Å². The van der Waals surface area contributed by atoms with Gasteiger partial charge in [0.2, 0.25) is 0 Å². The first-order valence-electron chi connectivity index (χ1n) is 12.0. The monoisotopic (exact) mass is 515 g/mol. The third-order valence-electron chi connectivity index (χ3n) is 6.67. The molecule has 0 aliphatic carbocycles. The molecule has 0 aromatic carbocycles. The van der Waals surface area contributed by atoms with Gasteiger partial charge in [0.15, 0.2) is 5.65 Å². The zero-order valence-electron chi connectivity index (χ0n) is 20.0. The smallest absolute Gasteiger partial charge is 0.252 e. The third-order valence-corrected chi connectivity index (χ3v) is 8.46. The van der Waals surface area contributed by atoms with Crippen LogP contribution in [-0.4, -0.2) is 92.9 Å². The highest BCUT2D eigenvalue weighted by atomic mass is 35.5. The van der Waals surface area contributed by atoms with E-state index in [0.29, 0.717) is 32.9 Å². The number of allylic oxidation sites excluding steroid dienone is 1. The van der Waals surface area contributed by atoms with Gasteiger partial charge in [0.05, 0.1) is 42.0 Å². The Balaban J connectivity index is 1.27. The normalized spacial score (nSPS) is 23.7. The number of aryl methyl sites for hydroxylation is 1. The molecule has 1 fully saturated rings. The van der Waals surface area contributed by atoms with Crippen LogP contribution < -0.4 is 0 Å². The van der Waals surface area contributed by atoms with E-state index in [1.165, 1.54) is 0 Å². The molecule has 0 spiro atoms. The number of ether oxygens (including phenoxy) is 1. The summed E-state index contributed by atoms with van der Waals surface area (Å²) in [6.07, 6.45) is 12.0. The van der Waals surface area contributed by atoms with Crippen LogP contribution in [0, 0.1) is 6.92 Å². The zero-order chi connectivity index (χ0) is 24.5. The molecule has 2 unspecified atom stereocenters. The van der Waals surface area contributed by atoms with Crippen molar-refractivity contribution in [3.63, 3.8) is 0 Å². The Kier molecular flexibility index (Phi) is 7.28. The van der Waals surface area contributed by atoms with Gasteiger partial charge in [-0.1, -0.05) is 26.3 Å². The number of hydrogen-bond donors (Lipinski definition) is 1. The van der Waals surface area contributed by atoms with Gasteiger partial charge in [-0.05, 0) is 31.3 Å². The molecule has 2 aromatic heterocycles. The maximum atomic E-state index is 13.1. The van der Waals surface area contributed by atoms with E-state index in [9.17, 15) is 4.79 Å². The molecule has 5 rings (SSSR count). The SMILES string of the molecule is Cc1cn2cc(C3=CC(=O)N4C=C(N5CCN(CCOCCO)[C@@H](C)C5)C=CC4P3)cc(Cl)c2n1. The highest BCUT2D eigenvalue weighted by Crippen LogP contribution is 2.45. The second-order valence-corrected chi connectivity index (χ2v) is 11.0. The van der Waals surface area contributed by atoms with Crippen LogP contribution in [0.25, 0.3) is 11.0 Å².